The molecule has 2 aliphatic rings. The van der Waals surface area contributed by atoms with Crippen LogP contribution in [0.25, 0.3) is 11.4 Å². The Kier molecular flexibility index (Phi) is 8.59. The smallest absolute Gasteiger partial charge is 0.367 e. The van der Waals surface area contributed by atoms with Crippen LogP contribution in [-0.4, -0.2) is 34.6 Å². The van der Waals surface area contributed by atoms with Gasteiger partial charge in [-0.15, -0.1) is 11.3 Å². The van der Waals surface area contributed by atoms with Crippen LogP contribution in [0.2, 0.25) is 0 Å². The van der Waals surface area contributed by atoms with Crippen molar-refractivity contribution in [1.82, 2.24) is 14.9 Å². The van der Waals surface area contributed by atoms with Crippen LogP contribution in [0.15, 0.2) is 23.1 Å². The molecule has 1 fully saturated rings. The highest BCUT2D eigenvalue weighted by atomic mass is 32.1. The lowest BCUT2D eigenvalue weighted by Crippen LogP contribution is -2.25. The molecule has 0 radical (unpaired) electrons. The Morgan fingerprint density at radius 2 is 2.03 bits per heavy atom. The Bertz CT molecular complexity index is 1030. The Morgan fingerprint density at radius 1 is 1.21 bits per heavy atom. The number of nitrogens with one attached hydrogen (secondary N) is 1. The summed E-state index contributed by atoms with van der Waals surface area (Å²) in [6.07, 6.45) is 14.4. The number of aromatic nitrogens is 2. The lowest BCUT2D eigenvalue weighted by Gasteiger charge is -2.24. The standard InChI is InChI=1S/C27H37N3O3S/c1-3-33-27(32)26-29-23(18-34-26)24-16-22(19(2)30(24)17-21-12-8-5-9-13-21)25(31)28-15-14-20-10-6-4-7-11-20/h10,16,18,21H,3-9,11-15,17H2,1-2H3,(H,28,31). The molecule has 2 aromatic heterocycles. The van der Waals surface area contributed by atoms with Gasteiger partial charge in [0.2, 0.25) is 5.01 Å². The molecule has 34 heavy (non-hydrogen) atoms. The molecular weight excluding hydrogens is 446 g/mol. The van der Waals surface area contributed by atoms with Crippen LogP contribution in [0.5, 0.6) is 0 Å². The molecule has 0 bridgehead atoms. The first-order valence-corrected chi connectivity index (χ1v) is 13.7. The van der Waals surface area contributed by atoms with E-state index in [1.807, 2.05) is 18.4 Å². The highest BCUT2D eigenvalue weighted by Crippen LogP contribution is 2.32. The van der Waals surface area contributed by atoms with Gasteiger partial charge in [0.25, 0.3) is 5.91 Å². The summed E-state index contributed by atoms with van der Waals surface area (Å²) in [6, 6.07) is 1.96. The lowest BCUT2D eigenvalue weighted by atomic mass is 9.89. The number of esters is 1. The van der Waals surface area contributed by atoms with Crippen LogP contribution in [0.3, 0.4) is 0 Å². The number of hydrogen-bond acceptors (Lipinski definition) is 5. The molecule has 2 heterocycles. The van der Waals surface area contributed by atoms with Crippen molar-refractivity contribution >= 4 is 23.2 Å². The van der Waals surface area contributed by atoms with Crippen molar-refractivity contribution in [1.29, 1.82) is 0 Å². The number of nitrogens with zero attached hydrogens (tertiary/aromatic N) is 2. The first-order valence-electron chi connectivity index (χ1n) is 12.9. The van der Waals surface area contributed by atoms with Gasteiger partial charge >= 0.3 is 5.97 Å². The molecule has 0 aromatic carbocycles. The molecule has 2 aromatic rings. The van der Waals surface area contributed by atoms with E-state index >= 15 is 0 Å². The minimum Gasteiger partial charge on any atom is -0.461 e. The number of thiazole rings is 1. The van der Waals surface area contributed by atoms with Crippen LogP contribution in [0.1, 0.15) is 97.0 Å². The predicted molar refractivity (Wildman–Crippen MR) is 136 cm³/mol. The van der Waals surface area contributed by atoms with Gasteiger partial charge in [-0.3, -0.25) is 4.79 Å². The summed E-state index contributed by atoms with van der Waals surface area (Å²) < 4.78 is 7.37. The molecule has 1 saturated carbocycles. The molecule has 0 atom stereocenters. The maximum atomic E-state index is 13.2. The van der Waals surface area contributed by atoms with Crippen LogP contribution in [-0.2, 0) is 11.3 Å². The molecule has 0 saturated heterocycles. The van der Waals surface area contributed by atoms with E-state index in [2.05, 4.69) is 20.9 Å². The van der Waals surface area contributed by atoms with Gasteiger partial charge in [0.1, 0.15) is 0 Å². The van der Waals surface area contributed by atoms with Gasteiger partial charge in [-0.05, 0) is 70.8 Å². The second-order valence-corrected chi connectivity index (χ2v) is 10.4. The van der Waals surface area contributed by atoms with Gasteiger partial charge in [0.15, 0.2) is 0 Å². The fourth-order valence-electron chi connectivity index (χ4n) is 5.19. The zero-order valence-corrected chi connectivity index (χ0v) is 21.3. The van der Waals surface area contributed by atoms with Gasteiger partial charge in [-0.2, -0.15) is 0 Å². The van der Waals surface area contributed by atoms with E-state index in [1.165, 1.54) is 61.9 Å². The van der Waals surface area contributed by atoms with Crippen molar-refractivity contribution in [2.75, 3.05) is 13.2 Å². The molecule has 2 aliphatic carbocycles. The number of ether oxygens (including phenoxy) is 1. The molecule has 4 rings (SSSR count). The van der Waals surface area contributed by atoms with Crippen molar-refractivity contribution in [2.45, 2.75) is 84.6 Å². The zero-order chi connectivity index (χ0) is 23.9. The summed E-state index contributed by atoms with van der Waals surface area (Å²) in [4.78, 5) is 29.9. The minimum absolute atomic E-state index is 0.0293. The summed E-state index contributed by atoms with van der Waals surface area (Å²) in [5.41, 5.74) is 4.79. The normalized spacial score (nSPS) is 16.8. The molecule has 1 N–H and O–H groups in total. The lowest BCUT2D eigenvalue weighted by molar-refractivity contribution is 0.0526. The zero-order valence-electron chi connectivity index (χ0n) is 20.5. The van der Waals surface area contributed by atoms with E-state index in [0.717, 1.165) is 42.9 Å². The predicted octanol–water partition coefficient (Wildman–Crippen LogP) is 6.30. The van der Waals surface area contributed by atoms with Crippen molar-refractivity contribution in [2.24, 2.45) is 5.92 Å². The number of amides is 1. The number of hydrogen-bond donors (Lipinski definition) is 1. The second kappa shape index (κ2) is 11.8. The summed E-state index contributed by atoms with van der Waals surface area (Å²) in [5.74, 6) is 0.185. The third kappa shape index (κ3) is 5.98. The first kappa shape index (κ1) is 24.7. The van der Waals surface area contributed by atoms with Crippen molar-refractivity contribution in [3.05, 3.63) is 39.4 Å². The number of rotatable bonds is 9. The van der Waals surface area contributed by atoms with E-state index in [0.29, 0.717) is 29.6 Å². The number of carbonyl (C=O) groups is 2. The Hall–Kier alpha value is -2.41. The second-order valence-electron chi connectivity index (χ2n) is 9.52. The Morgan fingerprint density at radius 3 is 2.76 bits per heavy atom. The summed E-state index contributed by atoms with van der Waals surface area (Å²) >= 11 is 1.29. The average molecular weight is 484 g/mol. The van der Waals surface area contributed by atoms with E-state index < -0.39 is 5.97 Å². The molecule has 0 aliphatic heterocycles. The third-order valence-electron chi connectivity index (χ3n) is 7.11. The van der Waals surface area contributed by atoms with Crippen LogP contribution < -0.4 is 5.32 Å². The fourth-order valence-corrected chi connectivity index (χ4v) is 5.89. The van der Waals surface area contributed by atoms with Crippen LogP contribution >= 0.6 is 11.3 Å². The summed E-state index contributed by atoms with van der Waals surface area (Å²) in [7, 11) is 0. The van der Waals surface area contributed by atoms with Crippen LogP contribution in [0, 0.1) is 12.8 Å². The monoisotopic (exact) mass is 483 g/mol. The number of carbonyl (C=O) groups excluding carboxylic acids is 2. The Balaban J connectivity index is 1.55. The van der Waals surface area contributed by atoms with Crippen molar-refractivity contribution in [3.8, 4) is 11.4 Å². The summed E-state index contributed by atoms with van der Waals surface area (Å²) in [5, 5.41) is 5.39. The van der Waals surface area contributed by atoms with Crippen molar-refractivity contribution in [3.63, 3.8) is 0 Å². The molecule has 7 heteroatoms. The van der Waals surface area contributed by atoms with E-state index in [9.17, 15) is 9.59 Å². The molecule has 6 nitrogen and oxygen atoms in total. The highest BCUT2D eigenvalue weighted by Gasteiger charge is 2.24. The van der Waals surface area contributed by atoms with Gasteiger partial charge < -0.3 is 14.6 Å². The minimum atomic E-state index is -0.393. The first-order chi connectivity index (χ1) is 16.6. The summed E-state index contributed by atoms with van der Waals surface area (Å²) in [6.45, 7) is 5.70. The average Bonchev–Trinajstić information content (AvgIpc) is 3.46. The third-order valence-corrected chi connectivity index (χ3v) is 7.93. The maximum Gasteiger partial charge on any atom is 0.367 e. The SMILES string of the molecule is CCOC(=O)c1nc(-c2cc(C(=O)NCCC3=CCCCC3)c(C)n2CC2CCCCC2)cs1. The fraction of sp³-hybridized carbons (Fsp3) is 0.593. The quantitative estimate of drug-likeness (QED) is 0.336. The molecule has 184 valence electrons. The molecule has 1 amide bonds. The molecule has 0 spiro atoms. The van der Waals surface area contributed by atoms with Gasteiger partial charge in [-0.25, -0.2) is 9.78 Å². The Labute approximate surface area is 206 Å². The van der Waals surface area contributed by atoms with Gasteiger partial charge in [0.05, 0.1) is 23.6 Å². The van der Waals surface area contributed by atoms with Crippen molar-refractivity contribution < 1.29 is 14.3 Å². The van der Waals surface area contributed by atoms with E-state index in [-0.39, 0.29) is 5.91 Å². The largest absolute Gasteiger partial charge is 0.461 e. The van der Waals surface area contributed by atoms with Gasteiger partial charge in [-0.1, -0.05) is 30.9 Å². The molecule has 0 unspecified atom stereocenters. The van der Waals surface area contributed by atoms with Crippen LogP contribution in [0.4, 0.5) is 0 Å². The van der Waals surface area contributed by atoms with Gasteiger partial charge in [0, 0.05) is 24.2 Å². The maximum absolute atomic E-state index is 13.2. The number of allylic oxidation sites excluding steroid dienone is 1. The molecular formula is C27H37N3O3S. The van der Waals surface area contributed by atoms with E-state index in [4.69, 9.17) is 4.74 Å². The highest BCUT2D eigenvalue weighted by molar-refractivity contribution is 7.11. The topological polar surface area (TPSA) is 73.2 Å². The van der Waals surface area contributed by atoms with E-state index in [1.54, 1.807) is 6.92 Å².